The highest BCUT2D eigenvalue weighted by Gasteiger charge is 2.30. The Morgan fingerprint density at radius 3 is 2.60 bits per heavy atom. The summed E-state index contributed by atoms with van der Waals surface area (Å²) in [5.74, 6) is -0.904. The Kier molecular flexibility index (Phi) is 5.26. The Balaban J connectivity index is 2.53. The van der Waals surface area contributed by atoms with E-state index >= 15 is 0 Å². The number of aliphatic carboxylic acids is 1. The van der Waals surface area contributed by atoms with Gasteiger partial charge >= 0.3 is 5.97 Å². The van der Waals surface area contributed by atoms with E-state index in [2.05, 4.69) is 15.8 Å². The Hall–Kier alpha value is -1.89. The largest absolute Gasteiger partial charge is 0.480 e. The molecule has 0 saturated carbocycles. The lowest BCUT2D eigenvalue weighted by Gasteiger charge is -2.24. The van der Waals surface area contributed by atoms with Gasteiger partial charge in [0.1, 0.15) is 5.54 Å². The molecule has 0 aromatic carbocycles. The molecule has 1 aromatic heterocycles. The number of hydrogen-bond acceptors (Lipinski definition) is 5. The van der Waals surface area contributed by atoms with Crippen molar-refractivity contribution in [1.29, 1.82) is 0 Å². The van der Waals surface area contributed by atoms with E-state index in [-0.39, 0.29) is 24.3 Å². The summed E-state index contributed by atoms with van der Waals surface area (Å²) in [6.45, 7) is 7.09. The number of carboxylic acid groups (broad SMARTS) is 1. The monoisotopic (exact) mass is 283 g/mol. The summed E-state index contributed by atoms with van der Waals surface area (Å²) in [7, 11) is 0. The summed E-state index contributed by atoms with van der Waals surface area (Å²) in [5.41, 5.74) is -0.376. The number of hydrogen-bond donors (Lipinski definition) is 3. The van der Waals surface area contributed by atoms with Crippen molar-refractivity contribution in [2.45, 2.75) is 45.6 Å². The molecule has 0 aliphatic heterocycles. The molecule has 0 aliphatic rings. The first kappa shape index (κ1) is 16.2. The zero-order valence-electron chi connectivity index (χ0n) is 12.2. The quantitative estimate of drug-likeness (QED) is 0.701. The number of amides is 1. The topological polar surface area (TPSA) is 104 Å². The van der Waals surface area contributed by atoms with Gasteiger partial charge in [0.15, 0.2) is 0 Å². The van der Waals surface area contributed by atoms with Gasteiger partial charge in [0.2, 0.25) is 11.8 Å². The maximum absolute atomic E-state index is 11.7. The summed E-state index contributed by atoms with van der Waals surface area (Å²) in [4.78, 5) is 22.8. The van der Waals surface area contributed by atoms with Crippen LogP contribution in [0.25, 0.3) is 0 Å². The maximum atomic E-state index is 11.7. The van der Waals surface area contributed by atoms with Crippen LogP contribution in [0.4, 0.5) is 5.88 Å². The van der Waals surface area contributed by atoms with Gasteiger partial charge in [-0.15, -0.1) is 0 Å². The molecule has 1 atom stereocenters. The van der Waals surface area contributed by atoms with E-state index in [9.17, 15) is 9.59 Å². The van der Waals surface area contributed by atoms with Crippen molar-refractivity contribution in [2.24, 2.45) is 0 Å². The van der Waals surface area contributed by atoms with Crippen LogP contribution < -0.4 is 10.6 Å². The number of anilines is 1. The highest BCUT2D eigenvalue weighted by Crippen LogP contribution is 2.17. The van der Waals surface area contributed by atoms with Crippen LogP contribution in [-0.2, 0) is 9.59 Å². The van der Waals surface area contributed by atoms with Crippen molar-refractivity contribution in [3.05, 3.63) is 11.8 Å². The summed E-state index contributed by atoms with van der Waals surface area (Å²) in [6, 6.07) is 1.65. The van der Waals surface area contributed by atoms with Gasteiger partial charge in [-0.3, -0.25) is 20.2 Å². The standard InChI is InChI=1S/C13H21N3O4/c1-5-13(4,12(18)19)14-7-10(17)15-11-6-9(8(2)3)16-20-11/h6,8,14H,5,7H2,1-4H3,(H,15,17)(H,18,19). The average molecular weight is 283 g/mol. The molecule has 7 heteroatoms. The van der Waals surface area contributed by atoms with Crippen LogP contribution in [0.2, 0.25) is 0 Å². The molecular weight excluding hydrogens is 262 g/mol. The van der Waals surface area contributed by atoms with E-state index in [4.69, 9.17) is 9.63 Å². The van der Waals surface area contributed by atoms with E-state index in [0.29, 0.717) is 6.42 Å². The van der Waals surface area contributed by atoms with E-state index in [0.717, 1.165) is 5.69 Å². The van der Waals surface area contributed by atoms with Crippen molar-refractivity contribution in [2.75, 3.05) is 11.9 Å². The number of nitrogens with one attached hydrogen (secondary N) is 2. The molecule has 0 bridgehead atoms. The number of carbonyl (C=O) groups excluding carboxylic acids is 1. The predicted molar refractivity (Wildman–Crippen MR) is 73.6 cm³/mol. The van der Waals surface area contributed by atoms with Crippen LogP contribution in [0.15, 0.2) is 10.6 Å². The smallest absolute Gasteiger partial charge is 0.323 e. The third-order valence-electron chi connectivity index (χ3n) is 3.20. The molecular formula is C13H21N3O4. The van der Waals surface area contributed by atoms with Gasteiger partial charge in [0.05, 0.1) is 12.2 Å². The molecule has 0 saturated heterocycles. The van der Waals surface area contributed by atoms with Crippen molar-refractivity contribution in [1.82, 2.24) is 10.5 Å². The lowest BCUT2D eigenvalue weighted by Crippen LogP contribution is -2.51. The highest BCUT2D eigenvalue weighted by molar-refractivity contribution is 5.91. The molecule has 1 unspecified atom stereocenters. The third kappa shape index (κ3) is 4.06. The summed E-state index contributed by atoms with van der Waals surface area (Å²) < 4.78 is 4.98. The average Bonchev–Trinajstić information content (AvgIpc) is 2.84. The highest BCUT2D eigenvalue weighted by atomic mass is 16.5. The van der Waals surface area contributed by atoms with Crippen LogP contribution in [0.5, 0.6) is 0 Å². The van der Waals surface area contributed by atoms with E-state index < -0.39 is 11.5 Å². The minimum absolute atomic E-state index is 0.117. The Bertz CT molecular complexity index is 484. The van der Waals surface area contributed by atoms with Gasteiger partial charge in [-0.25, -0.2) is 0 Å². The van der Waals surface area contributed by atoms with E-state index in [1.807, 2.05) is 13.8 Å². The molecule has 0 fully saturated rings. The van der Waals surface area contributed by atoms with Gasteiger partial charge < -0.3 is 9.63 Å². The fourth-order valence-electron chi connectivity index (χ4n) is 1.43. The Labute approximate surface area is 117 Å². The van der Waals surface area contributed by atoms with Crippen LogP contribution in [0, 0.1) is 0 Å². The maximum Gasteiger partial charge on any atom is 0.323 e. The number of aromatic nitrogens is 1. The second kappa shape index (κ2) is 6.51. The molecule has 0 radical (unpaired) electrons. The fraction of sp³-hybridized carbons (Fsp3) is 0.615. The molecule has 0 aliphatic carbocycles. The first-order chi connectivity index (χ1) is 9.28. The second-order valence-corrected chi connectivity index (χ2v) is 5.16. The molecule has 1 rings (SSSR count). The third-order valence-corrected chi connectivity index (χ3v) is 3.20. The zero-order chi connectivity index (χ0) is 15.3. The summed E-state index contributed by atoms with van der Waals surface area (Å²) >= 11 is 0. The number of nitrogens with zero attached hydrogens (tertiary/aromatic N) is 1. The van der Waals surface area contributed by atoms with E-state index in [1.54, 1.807) is 13.0 Å². The van der Waals surface area contributed by atoms with Crippen LogP contribution in [0.3, 0.4) is 0 Å². The van der Waals surface area contributed by atoms with Crippen molar-refractivity contribution >= 4 is 17.8 Å². The second-order valence-electron chi connectivity index (χ2n) is 5.16. The van der Waals surface area contributed by atoms with Crippen molar-refractivity contribution in [3.63, 3.8) is 0 Å². The lowest BCUT2D eigenvalue weighted by atomic mass is 9.99. The van der Waals surface area contributed by atoms with Crippen LogP contribution in [0.1, 0.15) is 45.7 Å². The minimum atomic E-state index is -1.12. The zero-order valence-corrected chi connectivity index (χ0v) is 12.2. The fourth-order valence-corrected chi connectivity index (χ4v) is 1.43. The SMILES string of the molecule is CCC(C)(NCC(=O)Nc1cc(C(C)C)no1)C(=O)O. The molecule has 1 amide bonds. The van der Waals surface area contributed by atoms with Crippen LogP contribution >= 0.6 is 0 Å². The molecule has 20 heavy (non-hydrogen) atoms. The Morgan fingerprint density at radius 1 is 1.50 bits per heavy atom. The molecule has 1 aromatic rings. The predicted octanol–water partition coefficient (Wildman–Crippen LogP) is 1.58. The first-order valence-corrected chi connectivity index (χ1v) is 6.53. The van der Waals surface area contributed by atoms with Crippen molar-refractivity contribution in [3.8, 4) is 0 Å². The summed E-state index contributed by atoms with van der Waals surface area (Å²) in [6.07, 6.45) is 0.370. The van der Waals surface area contributed by atoms with E-state index in [1.165, 1.54) is 6.92 Å². The molecule has 0 spiro atoms. The first-order valence-electron chi connectivity index (χ1n) is 6.53. The lowest BCUT2D eigenvalue weighted by molar-refractivity contribution is -0.144. The minimum Gasteiger partial charge on any atom is -0.480 e. The Morgan fingerprint density at radius 2 is 2.15 bits per heavy atom. The van der Waals surface area contributed by atoms with Gasteiger partial charge in [-0.05, 0) is 19.3 Å². The molecule has 1 heterocycles. The molecule has 3 N–H and O–H groups in total. The number of rotatable bonds is 7. The van der Waals surface area contributed by atoms with Gasteiger partial charge in [-0.2, -0.15) is 0 Å². The molecule has 112 valence electrons. The van der Waals surface area contributed by atoms with Crippen LogP contribution in [-0.4, -0.2) is 34.2 Å². The normalized spacial score (nSPS) is 14.1. The number of carbonyl (C=O) groups is 2. The van der Waals surface area contributed by atoms with Gasteiger partial charge in [0, 0.05) is 6.07 Å². The van der Waals surface area contributed by atoms with Gasteiger partial charge in [-0.1, -0.05) is 25.9 Å². The summed E-state index contributed by atoms with van der Waals surface area (Å²) in [5, 5.41) is 18.1. The molecule has 7 nitrogen and oxygen atoms in total. The van der Waals surface area contributed by atoms with Crippen molar-refractivity contribution < 1.29 is 19.2 Å². The van der Waals surface area contributed by atoms with Gasteiger partial charge in [0.25, 0.3) is 0 Å². The number of carboxylic acids is 1.